The maximum atomic E-state index is 6.13. The number of hydrogen-bond acceptors (Lipinski definition) is 4. The lowest BCUT2D eigenvalue weighted by Crippen LogP contribution is -2.29. The average Bonchev–Trinajstić information content (AvgIpc) is 3.25. The van der Waals surface area contributed by atoms with Crippen molar-refractivity contribution in [3.8, 4) is 17.1 Å². The lowest BCUT2D eigenvalue weighted by Gasteiger charge is -2.28. The van der Waals surface area contributed by atoms with E-state index in [1.54, 1.807) is 0 Å². The van der Waals surface area contributed by atoms with Crippen LogP contribution < -0.4 is 9.64 Å². The van der Waals surface area contributed by atoms with Gasteiger partial charge in [0, 0.05) is 30.4 Å². The van der Waals surface area contributed by atoms with Crippen molar-refractivity contribution in [1.29, 1.82) is 0 Å². The van der Waals surface area contributed by atoms with Crippen LogP contribution in [0.2, 0.25) is 0 Å². The number of hydrogen-bond donors (Lipinski definition) is 1. The van der Waals surface area contributed by atoms with Crippen LogP contribution in [-0.4, -0.2) is 33.9 Å². The van der Waals surface area contributed by atoms with Gasteiger partial charge < -0.3 is 9.64 Å². The Kier molecular flexibility index (Phi) is 3.62. The lowest BCUT2D eigenvalue weighted by molar-refractivity contribution is 0.200. The average molecular weight is 348 g/mol. The number of anilines is 1. The molecular weight excluding hydrogens is 324 g/mol. The van der Waals surface area contributed by atoms with Gasteiger partial charge in [-0.2, -0.15) is 5.10 Å². The van der Waals surface area contributed by atoms with E-state index in [2.05, 4.69) is 45.2 Å². The van der Waals surface area contributed by atoms with Crippen molar-refractivity contribution >= 4 is 16.6 Å². The fourth-order valence-corrected chi connectivity index (χ4v) is 3.72. The minimum Gasteiger partial charge on any atom is -0.488 e. The summed E-state index contributed by atoms with van der Waals surface area (Å²) in [5, 5.41) is 8.70. The predicted octanol–water partition coefficient (Wildman–Crippen LogP) is 4.55. The molecule has 1 aliphatic heterocycles. The second kappa shape index (κ2) is 6.01. The van der Waals surface area contributed by atoms with Crippen molar-refractivity contribution in [2.75, 3.05) is 18.0 Å². The first kappa shape index (κ1) is 15.7. The van der Waals surface area contributed by atoms with Crippen molar-refractivity contribution < 1.29 is 4.74 Å². The van der Waals surface area contributed by atoms with E-state index in [-0.39, 0.29) is 5.60 Å². The molecule has 1 aliphatic carbocycles. The molecule has 5 nitrogen and oxygen atoms in total. The van der Waals surface area contributed by atoms with Crippen LogP contribution in [0.3, 0.4) is 0 Å². The number of H-pyrrole nitrogens is 1. The number of piperidine rings is 1. The molecule has 1 aromatic carbocycles. The summed E-state index contributed by atoms with van der Waals surface area (Å²) in [6.45, 7) is 4.42. The zero-order chi connectivity index (χ0) is 17.6. The van der Waals surface area contributed by atoms with Gasteiger partial charge in [0.25, 0.3) is 0 Å². The van der Waals surface area contributed by atoms with Crippen LogP contribution in [0.4, 0.5) is 5.69 Å². The second-order valence-corrected chi connectivity index (χ2v) is 7.78. The Morgan fingerprint density at radius 2 is 1.92 bits per heavy atom. The van der Waals surface area contributed by atoms with Gasteiger partial charge in [0.05, 0.1) is 16.9 Å². The highest BCUT2D eigenvalue weighted by Crippen LogP contribution is 2.40. The van der Waals surface area contributed by atoms with E-state index in [1.165, 1.54) is 24.9 Å². The Morgan fingerprint density at radius 1 is 1.08 bits per heavy atom. The van der Waals surface area contributed by atoms with E-state index in [0.717, 1.165) is 54.0 Å². The maximum Gasteiger partial charge on any atom is 0.120 e. The van der Waals surface area contributed by atoms with Gasteiger partial charge in [0.1, 0.15) is 11.4 Å². The number of aromatic nitrogens is 3. The molecule has 5 rings (SSSR count). The van der Waals surface area contributed by atoms with E-state index in [4.69, 9.17) is 4.74 Å². The SMILES string of the molecule is CC1(Oc2ccc3n[nH]c(-c4cc(N5CCCCC5)ccn4)c3c2)CC1. The minimum atomic E-state index is 0.0179. The Hall–Kier alpha value is -2.56. The summed E-state index contributed by atoms with van der Waals surface area (Å²) in [5.74, 6) is 0.910. The zero-order valence-electron chi connectivity index (χ0n) is 15.2. The molecule has 1 saturated carbocycles. The summed E-state index contributed by atoms with van der Waals surface area (Å²) < 4.78 is 6.13. The topological polar surface area (TPSA) is 54.0 Å². The van der Waals surface area contributed by atoms with Gasteiger partial charge in [-0.25, -0.2) is 0 Å². The number of nitrogens with one attached hydrogen (secondary N) is 1. The van der Waals surface area contributed by atoms with Crippen LogP contribution in [0.25, 0.3) is 22.3 Å². The third-order valence-electron chi connectivity index (χ3n) is 5.56. The fraction of sp³-hybridized carbons (Fsp3) is 0.429. The number of rotatable bonds is 4. The van der Waals surface area contributed by atoms with Crippen LogP contribution in [0.5, 0.6) is 5.75 Å². The monoisotopic (exact) mass is 348 g/mol. The van der Waals surface area contributed by atoms with E-state index < -0.39 is 0 Å². The fourth-order valence-electron chi connectivity index (χ4n) is 3.72. The highest BCUT2D eigenvalue weighted by atomic mass is 16.5. The molecule has 3 heterocycles. The van der Waals surface area contributed by atoms with Gasteiger partial charge in [0.2, 0.25) is 0 Å². The number of ether oxygens (including phenoxy) is 1. The smallest absolute Gasteiger partial charge is 0.120 e. The Balaban J connectivity index is 1.50. The highest BCUT2D eigenvalue weighted by Gasteiger charge is 2.40. The largest absolute Gasteiger partial charge is 0.488 e. The molecule has 0 radical (unpaired) electrons. The van der Waals surface area contributed by atoms with Gasteiger partial charge in [0.15, 0.2) is 0 Å². The summed E-state index contributed by atoms with van der Waals surface area (Å²) in [5.41, 5.74) is 4.11. The minimum absolute atomic E-state index is 0.0179. The normalized spacial score (nSPS) is 18.9. The molecule has 2 aliphatic rings. The summed E-state index contributed by atoms with van der Waals surface area (Å²) in [7, 11) is 0. The summed E-state index contributed by atoms with van der Waals surface area (Å²) in [6, 6.07) is 10.4. The van der Waals surface area contributed by atoms with Gasteiger partial charge in [-0.05, 0) is 69.4 Å². The van der Waals surface area contributed by atoms with Crippen LogP contribution >= 0.6 is 0 Å². The van der Waals surface area contributed by atoms with E-state index in [0.29, 0.717) is 0 Å². The summed E-state index contributed by atoms with van der Waals surface area (Å²) in [4.78, 5) is 7.06. The standard InChI is InChI=1S/C21H24N4O/c1-21(8-9-21)26-16-5-6-18-17(14-16)20(24-23-18)19-13-15(7-10-22-19)25-11-3-2-4-12-25/h5-7,10,13-14H,2-4,8-9,11-12H2,1H3,(H,23,24). The van der Waals surface area contributed by atoms with Crippen molar-refractivity contribution in [3.05, 3.63) is 36.5 Å². The number of nitrogens with zero attached hydrogens (tertiary/aromatic N) is 3. The third kappa shape index (κ3) is 2.91. The van der Waals surface area contributed by atoms with E-state index >= 15 is 0 Å². The zero-order valence-corrected chi connectivity index (χ0v) is 15.2. The molecule has 2 aromatic heterocycles. The van der Waals surface area contributed by atoms with Crippen LogP contribution in [0, 0.1) is 0 Å². The quantitative estimate of drug-likeness (QED) is 0.752. The molecule has 1 N–H and O–H groups in total. The predicted molar refractivity (Wildman–Crippen MR) is 104 cm³/mol. The first-order valence-electron chi connectivity index (χ1n) is 9.59. The maximum absolute atomic E-state index is 6.13. The molecule has 5 heteroatoms. The van der Waals surface area contributed by atoms with E-state index in [1.807, 2.05) is 18.3 Å². The van der Waals surface area contributed by atoms with Crippen molar-refractivity contribution in [3.63, 3.8) is 0 Å². The highest BCUT2D eigenvalue weighted by molar-refractivity contribution is 5.93. The summed E-state index contributed by atoms with van der Waals surface area (Å²) >= 11 is 0. The van der Waals surface area contributed by atoms with Crippen molar-refractivity contribution in [2.24, 2.45) is 0 Å². The molecule has 3 aromatic rings. The molecule has 0 amide bonds. The lowest BCUT2D eigenvalue weighted by atomic mass is 10.1. The molecule has 0 spiro atoms. The summed E-state index contributed by atoms with van der Waals surface area (Å²) in [6.07, 6.45) is 8.03. The molecule has 0 bridgehead atoms. The van der Waals surface area contributed by atoms with Gasteiger partial charge in [-0.3, -0.25) is 10.1 Å². The number of benzene rings is 1. The second-order valence-electron chi connectivity index (χ2n) is 7.78. The van der Waals surface area contributed by atoms with E-state index in [9.17, 15) is 0 Å². The molecule has 26 heavy (non-hydrogen) atoms. The van der Waals surface area contributed by atoms with Gasteiger partial charge >= 0.3 is 0 Å². The molecule has 2 fully saturated rings. The van der Waals surface area contributed by atoms with Gasteiger partial charge in [-0.1, -0.05) is 0 Å². The van der Waals surface area contributed by atoms with Crippen LogP contribution in [0.15, 0.2) is 36.5 Å². The number of fused-ring (bicyclic) bond motifs is 1. The Labute approximate surface area is 153 Å². The molecule has 0 unspecified atom stereocenters. The van der Waals surface area contributed by atoms with Gasteiger partial charge in [-0.15, -0.1) is 0 Å². The number of aromatic amines is 1. The number of pyridine rings is 1. The van der Waals surface area contributed by atoms with Crippen molar-refractivity contribution in [1.82, 2.24) is 15.2 Å². The molecule has 0 atom stereocenters. The van der Waals surface area contributed by atoms with Crippen LogP contribution in [0.1, 0.15) is 39.0 Å². The Morgan fingerprint density at radius 3 is 2.73 bits per heavy atom. The molecule has 134 valence electrons. The molecule has 1 saturated heterocycles. The first-order chi connectivity index (χ1) is 12.7. The van der Waals surface area contributed by atoms with Crippen LogP contribution in [-0.2, 0) is 0 Å². The Bertz CT molecular complexity index is 938. The van der Waals surface area contributed by atoms with Crippen molar-refractivity contribution in [2.45, 2.75) is 44.6 Å². The third-order valence-corrected chi connectivity index (χ3v) is 5.56. The molecular formula is C21H24N4O. The first-order valence-corrected chi connectivity index (χ1v) is 9.59.